The van der Waals surface area contributed by atoms with Gasteiger partial charge in [0.2, 0.25) is 0 Å². The summed E-state index contributed by atoms with van der Waals surface area (Å²) in [7, 11) is 0. The van der Waals surface area contributed by atoms with Gasteiger partial charge in [0, 0.05) is 12.6 Å². The van der Waals surface area contributed by atoms with Crippen LogP contribution in [0.3, 0.4) is 0 Å². The Labute approximate surface area is 141 Å². The Morgan fingerprint density at radius 1 is 1.08 bits per heavy atom. The van der Waals surface area contributed by atoms with E-state index in [1.54, 1.807) is 12.1 Å². The molecule has 2 rings (SSSR count). The maximum atomic E-state index is 12.0. The second-order valence-corrected chi connectivity index (χ2v) is 5.86. The quantitative estimate of drug-likeness (QED) is 0.763. The van der Waals surface area contributed by atoms with E-state index >= 15 is 0 Å². The summed E-state index contributed by atoms with van der Waals surface area (Å²) in [6.45, 7) is 4.37. The molecule has 0 aliphatic heterocycles. The predicted molar refractivity (Wildman–Crippen MR) is 93.1 cm³/mol. The fraction of sp³-hybridized carbons (Fsp3) is 0.263. The van der Waals surface area contributed by atoms with Crippen molar-refractivity contribution in [2.24, 2.45) is 0 Å². The molecule has 0 aliphatic rings. The Morgan fingerprint density at radius 2 is 1.75 bits per heavy atom. The van der Waals surface area contributed by atoms with E-state index in [0.717, 1.165) is 12.0 Å². The summed E-state index contributed by atoms with van der Waals surface area (Å²) in [5, 5.41) is 14.5. The molecule has 5 heteroatoms. The van der Waals surface area contributed by atoms with E-state index in [1.807, 2.05) is 19.1 Å². The molecule has 24 heavy (non-hydrogen) atoms. The lowest BCUT2D eigenvalue weighted by atomic mass is 10.0. The van der Waals surface area contributed by atoms with Crippen LogP contribution >= 0.6 is 0 Å². The third-order valence-electron chi connectivity index (χ3n) is 3.82. The molecule has 0 heterocycles. The van der Waals surface area contributed by atoms with E-state index in [1.165, 1.54) is 23.3 Å². The van der Waals surface area contributed by atoms with Gasteiger partial charge in [-0.25, -0.2) is 9.59 Å². The molecule has 2 aromatic rings. The number of urea groups is 1. The van der Waals surface area contributed by atoms with Crippen LogP contribution in [0.1, 0.15) is 34.0 Å². The summed E-state index contributed by atoms with van der Waals surface area (Å²) in [6.07, 6.45) is 0.771. The molecule has 0 aromatic heterocycles. The molecule has 0 spiro atoms. The van der Waals surface area contributed by atoms with E-state index in [9.17, 15) is 9.59 Å². The Balaban J connectivity index is 1.80. The monoisotopic (exact) mass is 326 g/mol. The molecule has 2 amide bonds. The highest BCUT2D eigenvalue weighted by Crippen LogP contribution is 2.09. The molecule has 0 aliphatic carbocycles. The van der Waals surface area contributed by atoms with Crippen molar-refractivity contribution in [1.29, 1.82) is 0 Å². The van der Waals surface area contributed by atoms with Crippen molar-refractivity contribution in [3.8, 4) is 0 Å². The lowest BCUT2D eigenvalue weighted by molar-refractivity contribution is 0.0697. The van der Waals surface area contributed by atoms with Crippen molar-refractivity contribution in [1.82, 2.24) is 10.6 Å². The van der Waals surface area contributed by atoms with Crippen LogP contribution in [-0.4, -0.2) is 23.1 Å². The van der Waals surface area contributed by atoms with Gasteiger partial charge in [0.25, 0.3) is 0 Å². The van der Waals surface area contributed by atoms with Gasteiger partial charge in [-0.3, -0.25) is 0 Å². The number of carbonyl (C=O) groups excluding carboxylic acids is 1. The Kier molecular flexibility index (Phi) is 5.95. The number of aryl methyl sites for hydroxylation is 1. The molecule has 1 unspecified atom stereocenters. The first kappa shape index (κ1) is 17.5. The van der Waals surface area contributed by atoms with Crippen molar-refractivity contribution in [2.75, 3.05) is 0 Å². The van der Waals surface area contributed by atoms with Crippen LogP contribution in [0.4, 0.5) is 4.79 Å². The highest BCUT2D eigenvalue weighted by Gasteiger charge is 2.09. The number of amides is 2. The number of benzene rings is 2. The summed E-state index contributed by atoms with van der Waals surface area (Å²) in [4.78, 5) is 22.8. The normalized spacial score (nSPS) is 11.6. The third-order valence-corrected chi connectivity index (χ3v) is 3.82. The summed E-state index contributed by atoms with van der Waals surface area (Å²) in [6, 6.07) is 14.3. The molecule has 2 aromatic carbocycles. The minimum atomic E-state index is -0.961. The SMILES string of the molecule is Cc1ccccc1CC(C)NC(=O)NCc1ccc(C(=O)O)cc1. The lowest BCUT2D eigenvalue weighted by Gasteiger charge is -2.16. The zero-order chi connectivity index (χ0) is 17.5. The van der Waals surface area contributed by atoms with E-state index in [0.29, 0.717) is 6.54 Å². The van der Waals surface area contributed by atoms with Crippen LogP contribution in [0.25, 0.3) is 0 Å². The number of hydrogen-bond acceptors (Lipinski definition) is 2. The molecule has 1 atom stereocenters. The summed E-state index contributed by atoms with van der Waals surface area (Å²) >= 11 is 0. The maximum absolute atomic E-state index is 12.0. The van der Waals surface area contributed by atoms with E-state index in [2.05, 4.69) is 29.7 Å². The summed E-state index contributed by atoms with van der Waals surface area (Å²) < 4.78 is 0. The standard InChI is InChI=1S/C19H22N2O3/c1-13-5-3-4-6-17(13)11-14(2)21-19(24)20-12-15-7-9-16(10-8-15)18(22)23/h3-10,14H,11-12H2,1-2H3,(H,22,23)(H2,20,21,24). The van der Waals surface area contributed by atoms with E-state index in [4.69, 9.17) is 5.11 Å². The first-order chi connectivity index (χ1) is 11.5. The second-order valence-electron chi connectivity index (χ2n) is 5.86. The van der Waals surface area contributed by atoms with Crippen LogP contribution < -0.4 is 10.6 Å². The van der Waals surface area contributed by atoms with Crippen molar-refractivity contribution < 1.29 is 14.7 Å². The molecule has 0 saturated heterocycles. The van der Waals surface area contributed by atoms with Gasteiger partial charge in [-0.2, -0.15) is 0 Å². The minimum Gasteiger partial charge on any atom is -0.478 e. The third kappa shape index (κ3) is 5.12. The van der Waals surface area contributed by atoms with Crippen LogP contribution in [0.15, 0.2) is 48.5 Å². The molecule has 0 radical (unpaired) electrons. The number of rotatable bonds is 6. The minimum absolute atomic E-state index is 0.0143. The van der Waals surface area contributed by atoms with Gasteiger partial charge >= 0.3 is 12.0 Å². The van der Waals surface area contributed by atoms with Crippen LogP contribution in [0, 0.1) is 6.92 Å². The van der Waals surface area contributed by atoms with Gasteiger partial charge in [0.15, 0.2) is 0 Å². The number of carbonyl (C=O) groups is 2. The van der Waals surface area contributed by atoms with Gasteiger partial charge in [-0.05, 0) is 49.1 Å². The fourth-order valence-electron chi connectivity index (χ4n) is 2.44. The van der Waals surface area contributed by atoms with Crippen molar-refractivity contribution in [3.63, 3.8) is 0 Å². The van der Waals surface area contributed by atoms with Crippen molar-refractivity contribution >= 4 is 12.0 Å². The maximum Gasteiger partial charge on any atom is 0.335 e. The number of carboxylic acid groups (broad SMARTS) is 1. The average Bonchev–Trinajstić information content (AvgIpc) is 2.55. The largest absolute Gasteiger partial charge is 0.478 e. The number of hydrogen-bond donors (Lipinski definition) is 3. The Bertz CT molecular complexity index is 711. The number of aromatic carboxylic acids is 1. The highest BCUT2D eigenvalue weighted by molar-refractivity contribution is 5.87. The topological polar surface area (TPSA) is 78.4 Å². The number of carboxylic acids is 1. The van der Waals surface area contributed by atoms with Crippen molar-refractivity contribution in [2.45, 2.75) is 32.9 Å². The van der Waals surface area contributed by atoms with E-state index < -0.39 is 5.97 Å². The predicted octanol–water partition coefficient (Wildman–Crippen LogP) is 3.12. The lowest BCUT2D eigenvalue weighted by Crippen LogP contribution is -2.41. The summed E-state index contributed by atoms with van der Waals surface area (Å²) in [5.41, 5.74) is 3.51. The fourth-order valence-corrected chi connectivity index (χ4v) is 2.44. The Morgan fingerprint density at radius 3 is 2.38 bits per heavy atom. The molecular weight excluding hydrogens is 304 g/mol. The Hall–Kier alpha value is -2.82. The van der Waals surface area contributed by atoms with Gasteiger partial charge < -0.3 is 15.7 Å². The van der Waals surface area contributed by atoms with Crippen LogP contribution in [0.2, 0.25) is 0 Å². The van der Waals surface area contributed by atoms with Gasteiger partial charge in [0.1, 0.15) is 0 Å². The van der Waals surface area contributed by atoms with Gasteiger partial charge in [-0.1, -0.05) is 36.4 Å². The molecular formula is C19H22N2O3. The van der Waals surface area contributed by atoms with Gasteiger partial charge in [0.05, 0.1) is 5.56 Å². The smallest absolute Gasteiger partial charge is 0.335 e. The van der Waals surface area contributed by atoms with Crippen LogP contribution in [0.5, 0.6) is 0 Å². The van der Waals surface area contributed by atoms with Crippen LogP contribution in [-0.2, 0) is 13.0 Å². The number of nitrogens with one attached hydrogen (secondary N) is 2. The zero-order valence-corrected chi connectivity index (χ0v) is 13.9. The second kappa shape index (κ2) is 8.15. The summed E-state index contributed by atoms with van der Waals surface area (Å²) in [5.74, 6) is -0.961. The first-order valence-corrected chi connectivity index (χ1v) is 7.87. The molecule has 0 fully saturated rings. The van der Waals surface area contributed by atoms with Crippen molar-refractivity contribution in [3.05, 3.63) is 70.8 Å². The van der Waals surface area contributed by atoms with Gasteiger partial charge in [-0.15, -0.1) is 0 Å². The average molecular weight is 326 g/mol. The molecule has 0 bridgehead atoms. The molecule has 5 nitrogen and oxygen atoms in total. The van der Waals surface area contributed by atoms with E-state index in [-0.39, 0.29) is 17.6 Å². The first-order valence-electron chi connectivity index (χ1n) is 7.87. The molecule has 126 valence electrons. The highest BCUT2D eigenvalue weighted by atomic mass is 16.4. The zero-order valence-electron chi connectivity index (χ0n) is 13.9. The molecule has 3 N–H and O–H groups in total. The molecule has 0 saturated carbocycles.